The van der Waals surface area contributed by atoms with Crippen LogP contribution >= 0.6 is 0 Å². The summed E-state index contributed by atoms with van der Waals surface area (Å²) < 4.78 is 5.48. The zero-order chi connectivity index (χ0) is 52.2. The molecule has 0 aromatic heterocycles. The van der Waals surface area contributed by atoms with Crippen LogP contribution in [0.2, 0.25) is 0 Å². The van der Waals surface area contributed by atoms with Crippen LogP contribution in [0.3, 0.4) is 0 Å². The monoisotopic (exact) mass is 1010 g/mol. The maximum atomic E-state index is 12.5. The molecule has 0 bridgehead atoms. The molecule has 0 saturated heterocycles. The Kier molecular flexibility index (Phi) is 59.5. The molecule has 0 heterocycles. The van der Waals surface area contributed by atoms with Crippen LogP contribution in [-0.2, 0) is 14.3 Å². The van der Waals surface area contributed by atoms with Crippen molar-refractivity contribution in [3.8, 4) is 0 Å². The Morgan fingerprint density at radius 1 is 0.389 bits per heavy atom. The Morgan fingerprint density at radius 2 is 0.694 bits per heavy atom. The minimum absolute atomic E-state index is 0.00425. The summed E-state index contributed by atoms with van der Waals surface area (Å²) in [5, 5.41) is 23.2. The fourth-order valence-electron chi connectivity index (χ4n) is 9.66. The normalized spacial score (nSPS) is 12.9. The van der Waals surface area contributed by atoms with E-state index in [4.69, 9.17) is 4.74 Å². The molecular weight excluding hydrogens is 887 g/mol. The summed E-state index contributed by atoms with van der Waals surface area (Å²) in [4.78, 5) is 24.5. The number of aliphatic hydroxyl groups excluding tert-OH is 2. The van der Waals surface area contributed by atoms with Gasteiger partial charge in [-0.15, -0.1) is 0 Å². The van der Waals surface area contributed by atoms with Gasteiger partial charge in [0.25, 0.3) is 0 Å². The van der Waals surface area contributed by atoms with Crippen molar-refractivity contribution in [1.82, 2.24) is 5.32 Å². The van der Waals surface area contributed by atoms with Crippen LogP contribution in [0.5, 0.6) is 0 Å². The van der Waals surface area contributed by atoms with Crippen molar-refractivity contribution < 1.29 is 24.5 Å². The average Bonchev–Trinajstić information content (AvgIpc) is 3.38. The van der Waals surface area contributed by atoms with E-state index in [2.05, 4.69) is 55.6 Å². The van der Waals surface area contributed by atoms with Crippen molar-refractivity contribution in [2.45, 2.75) is 347 Å². The van der Waals surface area contributed by atoms with Gasteiger partial charge in [0.05, 0.1) is 25.4 Å². The van der Waals surface area contributed by atoms with Gasteiger partial charge in [-0.1, -0.05) is 281 Å². The van der Waals surface area contributed by atoms with Crippen molar-refractivity contribution >= 4 is 11.9 Å². The summed E-state index contributed by atoms with van der Waals surface area (Å²) in [6, 6.07) is -0.634. The summed E-state index contributed by atoms with van der Waals surface area (Å²) in [5.74, 6) is -0.0781. The average molecular weight is 1010 g/mol. The molecule has 0 saturated carbocycles. The van der Waals surface area contributed by atoms with Crippen molar-refractivity contribution in [2.24, 2.45) is 0 Å². The number of carbonyl (C=O) groups excluding carboxylic acids is 2. The number of allylic oxidation sites excluding steroid dienone is 7. The predicted molar refractivity (Wildman–Crippen MR) is 315 cm³/mol. The van der Waals surface area contributed by atoms with E-state index in [1.807, 2.05) is 6.08 Å². The Balaban J connectivity index is 3.45. The summed E-state index contributed by atoms with van der Waals surface area (Å²) in [6.07, 6.45) is 78.6. The molecule has 1 amide bonds. The first-order valence-corrected chi connectivity index (χ1v) is 31.9. The van der Waals surface area contributed by atoms with Gasteiger partial charge in [0, 0.05) is 12.8 Å². The maximum Gasteiger partial charge on any atom is 0.305 e. The fourth-order valence-corrected chi connectivity index (χ4v) is 9.66. The molecule has 6 heteroatoms. The molecule has 0 radical (unpaired) electrons. The van der Waals surface area contributed by atoms with Crippen LogP contribution in [0.15, 0.2) is 48.6 Å². The standard InChI is InChI=1S/C66H123NO5/c1-3-5-7-9-11-13-15-17-19-27-30-34-38-42-46-50-54-58-64(69)63(62-68)67-65(70)59-55-51-47-43-39-35-31-28-25-23-21-22-24-26-29-33-37-41-45-49-53-57-61-72-66(71)60-56-52-48-44-40-36-32-20-18-16-14-12-10-8-6-4-2/h14,16,20,23,25,32,54,58,63-64,68-69H,3-13,15,17-19,21-22,24,26-31,33-53,55-57,59-62H2,1-2H3,(H,67,70)/b16-14-,25-23-,32-20-,58-54+. The molecule has 0 aromatic rings. The summed E-state index contributed by atoms with van der Waals surface area (Å²) in [7, 11) is 0. The second-order valence-corrected chi connectivity index (χ2v) is 21.7. The van der Waals surface area contributed by atoms with Crippen LogP contribution in [0.1, 0.15) is 335 Å². The number of carbonyl (C=O) groups is 2. The second-order valence-electron chi connectivity index (χ2n) is 21.7. The minimum Gasteiger partial charge on any atom is -0.466 e. The third-order valence-electron chi connectivity index (χ3n) is 14.6. The van der Waals surface area contributed by atoms with Gasteiger partial charge in [-0.25, -0.2) is 0 Å². The molecule has 0 spiro atoms. The SMILES string of the molecule is CCCCCC/C=C\C/C=C\CCCCCCCC(=O)OCCCCCCCCCCCCC/C=C\CCCCCCCCCC(=O)NC(CO)C(O)/C=C/CCCCCCCCCCCCCCCCC. The largest absolute Gasteiger partial charge is 0.466 e. The summed E-state index contributed by atoms with van der Waals surface area (Å²) in [5.41, 5.74) is 0. The van der Waals surface area contributed by atoms with Crippen molar-refractivity contribution in [1.29, 1.82) is 0 Å². The van der Waals surface area contributed by atoms with Gasteiger partial charge >= 0.3 is 5.97 Å². The first-order chi connectivity index (χ1) is 35.5. The highest BCUT2D eigenvalue weighted by molar-refractivity contribution is 5.76. The van der Waals surface area contributed by atoms with Crippen molar-refractivity contribution in [3.63, 3.8) is 0 Å². The molecule has 0 aliphatic heterocycles. The Morgan fingerprint density at radius 3 is 1.08 bits per heavy atom. The number of hydrogen-bond donors (Lipinski definition) is 3. The Labute approximate surface area is 448 Å². The topological polar surface area (TPSA) is 95.9 Å². The third kappa shape index (κ3) is 57.1. The highest BCUT2D eigenvalue weighted by Crippen LogP contribution is 2.17. The highest BCUT2D eigenvalue weighted by atomic mass is 16.5. The number of amides is 1. The summed E-state index contributed by atoms with van der Waals surface area (Å²) >= 11 is 0. The van der Waals surface area contributed by atoms with Gasteiger partial charge in [-0.2, -0.15) is 0 Å². The number of aliphatic hydroxyl groups is 2. The molecular formula is C66H123NO5. The van der Waals surface area contributed by atoms with Gasteiger partial charge in [0.1, 0.15) is 0 Å². The fraction of sp³-hybridized carbons (Fsp3) is 0.848. The van der Waals surface area contributed by atoms with E-state index in [0.29, 0.717) is 19.4 Å². The van der Waals surface area contributed by atoms with Crippen molar-refractivity contribution in [2.75, 3.05) is 13.2 Å². The Bertz CT molecular complexity index is 1210. The second kappa shape index (κ2) is 61.4. The lowest BCUT2D eigenvalue weighted by atomic mass is 10.0. The molecule has 0 aliphatic carbocycles. The maximum absolute atomic E-state index is 12.5. The number of rotatable bonds is 59. The number of unbranched alkanes of at least 4 members (excludes halogenated alkanes) is 42. The van der Waals surface area contributed by atoms with Gasteiger partial charge in [-0.3, -0.25) is 9.59 Å². The predicted octanol–water partition coefficient (Wildman–Crippen LogP) is 20.1. The van der Waals surface area contributed by atoms with Gasteiger partial charge in [0.15, 0.2) is 0 Å². The molecule has 3 N–H and O–H groups in total. The zero-order valence-corrected chi connectivity index (χ0v) is 48.2. The zero-order valence-electron chi connectivity index (χ0n) is 48.2. The molecule has 0 rings (SSSR count). The molecule has 6 nitrogen and oxygen atoms in total. The first kappa shape index (κ1) is 69.8. The lowest BCUT2D eigenvalue weighted by molar-refractivity contribution is -0.143. The molecule has 422 valence electrons. The molecule has 0 fully saturated rings. The summed E-state index contributed by atoms with van der Waals surface area (Å²) in [6.45, 7) is 4.89. The van der Waals surface area contributed by atoms with E-state index in [1.165, 1.54) is 250 Å². The number of esters is 1. The quantitative estimate of drug-likeness (QED) is 0.0320. The van der Waals surface area contributed by atoms with E-state index in [9.17, 15) is 19.8 Å². The van der Waals surface area contributed by atoms with Crippen LogP contribution < -0.4 is 5.32 Å². The van der Waals surface area contributed by atoms with Crippen LogP contribution in [0, 0.1) is 0 Å². The lowest BCUT2D eigenvalue weighted by Crippen LogP contribution is -2.45. The van der Waals surface area contributed by atoms with Crippen molar-refractivity contribution in [3.05, 3.63) is 48.6 Å². The molecule has 2 unspecified atom stereocenters. The van der Waals surface area contributed by atoms with Gasteiger partial charge in [0.2, 0.25) is 5.91 Å². The number of nitrogens with one attached hydrogen (secondary N) is 1. The number of ether oxygens (including phenoxy) is 1. The molecule has 2 atom stereocenters. The van der Waals surface area contributed by atoms with Crippen LogP contribution in [-0.4, -0.2) is 47.4 Å². The van der Waals surface area contributed by atoms with Crippen LogP contribution in [0.25, 0.3) is 0 Å². The minimum atomic E-state index is -0.850. The van der Waals surface area contributed by atoms with Gasteiger partial charge in [-0.05, 0) is 89.9 Å². The first-order valence-electron chi connectivity index (χ1n) is 31.9. The van der Waals surface area contributed by atoms with Gasteiger partial charge < -0.3 is 20.3 Å². The third-order valence-corrected chi connectivity index (χ3v) is 14.6. The van der Waals surface area contributed by atoms with E-state index in [1.54, 1.807) is 6.08 Å². The Hall–Kier alpha value is -2.18. The smallest absolute Gasteiger partial charge is 0.305 e. The molecule has 72 heavy (non-hydrogen) atoms. The lowest BCUT2D eigenvalue weighted by Gasteiger charge is -2.20. The highest BCUT2D eigenvalue weighted by Gasteiger charge is 2.18. The van der Waals surface area contributed by atoms with E-state index in [-0.39, 0.29) is 18.5 Å². The van der Waals surface area contributed by atoms with E-state index in [0.717, 1.165) is 57.8 Å². The number of hydrogen-bond acceptors (Lipinski definition) is 5. The van der Waals surface area contributed by atoms with E-state index >= 15 is 0 Å². The molecule has 0 aliphatic rings. The van der Waals surface area contributed by atoms with E-state index < -0.39 is 12.1 Å². The van der Waals surface area contributed by atoms with Crippen LogP contribution in [0.4, 0.5) is 0 Å². The molecule has 0 aromatic carbocycles.